The molecule has 0 unspecified atom stereocenters. The van der Waals surface area contributed by atoms with Crippen LogP contribution in [0.2, 0.25) is 0 Å². The number of pyridine rings is 1. The van der Waals surface area contributed by atoms with Crippen molar-refractivity contribution >= 4 is 20.9 Å². The largest absolute Gasteiger partial charge is 0.497 e. The van der Waals surface area contributed by atoms with Gasteiger partial charge in [0.15, 0.2) is 5.75 Å². The highest BCUT2D eigenvalue weighted by atomic mass is 32.2. The van der Waals surface area contributed by atoms with Gasteiger partial charge in [0.25, 0.3) is 0 Å². The van der Waals surface area contributed by atoms with Crippen molar-refractivity contribution in [2.75, 3.05) is 14.2 Å². The van der Waals surface area contributed by atoms with Gasteiger partial charge in [0.2, 0.25) is 0 Å². The van der Waals surface area contributed by atoms with E-state index in [1.165, 1.54) is 19.2 Å². The molecule has 30 heavy (non-hydrogen) atoms. The Morgan fingerprint density at radius 1 is 0.767 bits per heavy atom. The van der Waals surface area contributed by atoms with Crippen molar-refractivity contribution in [2.45, 2.75) is 4.90 Å². The van der Waals surface area contributed by atoms with Crippen molar-refractivity contribution in [1.29, 1.82) is 0 Å². The zero-order valence-corrected chi connectivity index (χ0v) is 17.2. The molecule has 0 aliphatic carbocycles. The molecule has 0 spiro atoms. The highest BCUT2D eigenvalue weighted by Crippen LogP contribution is 2.37. The van der Waals surface area contributed by atoms with Gasteiger partial charge >= 0.3 is 10.1 Å². The lowest BCUT2D eigenvalue weighted by atomic mass is 10.1. The Balaban J connectivity index is 1.84. The smallest absolute Gasteiger partial charge is 0.339 e. The summed E-state index contributed by atoms with van der Waals surface area (Å²) in [5.74, 6) is 1.42. The van der Waals surface area contributed by atoms with Crippen LogP contribution in [0, 0.1) is 0 Å². The third-order valence-electron chi connectivity index (χ3n) is 4.66. The topological polar surface area (TPSA) is 74.7 Å². The van der Waals surface area contributed by atoms with Crippen LogP contribution in [0.3, 0.4) is 0 Å². The standard InChI is InChI=1S/C23H19NO5S/c1-27-18-9-7-16(8-10-18)22-23(21-6-4-3-5-17(21)15-24-22)29-30(25,26)20-13-11-19(28-2)12-14-20/h3-15H,1-2H3. The van der Waals surface area contributed by atoms with E-state index < -0.39 is 10.1 Å². The molecule has 0 fully saturated rings. The molecule has 0 atom stereocenters. The lowest BCUT2D eigenvalue weighted by Gasteiger charge is -2.14. The minimum Gasteiger partial charge on any atom is -0.497 e. The number of fused-ring (bicyclic) bond motifs is 1. The Labute approximate surface area is 174 Å². The summed E-state index contributed by atoms with van der Waals surface area (Å²) in [7, 11) is -0.994. The second kappa shape index (κ2) is 8.04. The van der Waals surface area contributed by atoms with Gasteiger partial charge < -0.3 is 13.7 Å². The Morgan fingerprint density at radius 2 is 1.37 bits per heavy atom. The number of aromatic nitrogens is 1. The average molecular weight is 421 g/mol. The quantitative estimate of drug-likeness (QED) is 0.421. The minimum atomic E-state index is -4.09. The van der Waals surface area contributed by atoms with Gasteiger partial charge in [-0.15, -0.1) is 0 Å². The van der Waals surface area contributed by atoms with Crippen molar-refractivity contribution in [2.24, 2.45) is 0 Å². The minimum absolute atomic E-state index is 0.0249. The van der Waals surface area contributed by atoms with Gasteiger partial charge in [0.05, 0.1) is 14.2 Å². The molecule has 0 saturated heterocycles. The van der Waals surface area contributed by atoms with Crippen LogP contribution in [0.25, 0.3) is 22.0 Å². The van der Waals surface area contributed by atoms with E-state index in [0.717, 1.165) is 5.39 Å². The first-order valence-corrected chi connectivity index (χ1v) is 10.5. The maximum absolute atomic E-state index is 13.0. The van der Waals surface area contributed by atoms with Gasteiger partial charge in [-0.05, 0) is 48.5 Å². The van der Waals surface area contributed by atoms with E-state index in [2.05, 4.69) is 4.98 Å². The summed E-state index contributed by atoms with van der Waals surface area (Å²) in [6, 6.07) is 20.6. The molecule has 1 aromatic heterocycles. The lowest BCUT2D eigenvalue weighted by molar-refractivity contribution is 0.414. The first-order valence-electron chi connectivity index (χ1n) is 9.12. The Kier molecular flexibility index (Phi) is 5.29. The Morgan fingerprint density at radius 3 is 2.00 bits per heavy atom. The number of rotatable bonds is 6. The third kappa shape index (κ3) is 3.79. The van der Waals surface area contributed by atoms with Crippen molar-refractivity contribution in [1.82, 2.24) is 4.98 Å². The molecule has 0 N–H and O–H groups in total. The number of methoxy groups -OCH3 is 2. The highest BCUT2D eigenvalue weighted by molar-refractivity contribution is 7.87. The molecule has 0 saturated carbocycles. The van der Waals surface area contributed by atoms with Gasteiger partial charge in [-0.3, -0.25) is 4.98 Å². The molecular weight excluding hydrogens is 402 g/mol. The normalized spacial score (nSPS) is 11.3. The van der Waals surface area contributed by atoms with E-state index in [0.29, 0.717) is 28.1 Å². The van der Waals surface area contributed by atoms with E-state index in [-0.39, 0.29) is 10.6 Å². The van der Waals surface area contributed by atoms with Crippen molar-refractivity contribution < 1.29 is 22.1 Å². The molecule has 0 amide bonds. The van der Waals surface area contributed by atoms with Crippen molar-refractivity contribution in [3.63, 3.8) is 0 Å². The molecule has 4 rings (SSSR count). The molecule has 7 heteroatoms. The number of ether oxygens (including phenoxy) is 2. The summed E-state index contributed by atoms with van der Waals surface area (Å²) in [4.78, 5) is 4.51. The van der Waals surface area contributed by atoms with Gasteiger partial charge in [0.1, 0.15) is 22.1 Å². The predicted molar refractivity (Wildman–Crippen MR) is 115 cm³/mol. The fourth-order valence-corrected chi connectivity index (χ4v) is 4.03. The summed E-state index contributed by atoms with van der Waals surface area (Å²) in [5.41, 5.74) is 1.13. The number of hydrogen-bond acceptors (Lipinski definition) is 6. The van der Waals surface area contributed by atoms with Crippen LogP contribution in [0.1, 0.15) is 0 Å². The summed E-state index contributed by atoms with van der Waals surface area (Å²) in [6.07, 6.45) is 1.70. The molecule has 0 aliphatic heterocycles. The molecule has 0 radical (unpaired) electrons. The average Bonchev–Trinajstić information content (AvgIpc) is 2.79. The first kappa shape index (κ1) is 19.7. The zero-order chi connectivity index (χ0) is 21.1. The van der Waals surface area contributed by atoms with Gasteiger partial charge in [-0.1, -0.05) is 24.3 Å². The molecule has 1 heterocycles. The molecule has 152 valence electrons. The van der Waals surface area contributed by atoms with Crippen molar-refractivity contribution in [3.05, 3.63) is 79.0 Å². The Bertz CT molecular complexity index is 1280. The molecule has 0 aliphatic rings. The lowest BCUT2D eigenvalue weighted by Crippen LogP contribution is -2.11. The number of hydrogen-bond donors (Lipinski definition) is 0. The van der Waals surface area contributed by atoms with Crippen LogP contribution in [-0.2, 0) is 10.1 Å². The van der Waals surface area contributed by atoms with E-state index in [1.54, 1.807) is 37.6 Å². The van der Waals surface area contributed by atoms with Crippen LogP contribution >= 0.6 is 0 Å². The molecule has 3 aromatic carbocycles. The summed E-state index contributed by atoms with van der Waals surface area (Å²) >= 11 is 0. The zero-order valence-electron chi connectivity index (χ0n) is 16.4. The second-order valence-electron chi connectivity index (χ2n) is 6.46. The van der Waals surface area contributed by atoms with Crippen LogP contribution in [0.5, 0.6) is 17.2 Å². The number of nitrogens with zero attached hydrogens (tertiary/aromatic N) is 1. The van der Waals surface area contributed by atoms with E-state index in [1.807, 2.05) is 36.4 Å². The second-order valence-corrected chi connectivity index (χ2v) is 8.01. The monoisotopic (exact) mass is 421 g/mol. The fraction of sp³-hybridized carbons (Fsp3) is 0.0870. The summed E-state index contributed by atoms with van der Waals surface area (Å²) < 4.78 is 42.0. The Hall–Kier alpha value is -3.58. The fourth-order valence-electron chi connectivity index (χ4n) is 3.08. The third-order valence-corrected chi connectivity index (χ3v) is 5.89. The maximum Gasteiger partial charge on any atom is 0.339 e. The van der Waals surface area contributed by atoms with Crippen LogP contribution in [0.15, 0.2) is 83.9 Å². The van der Waals surface area contributed by atoms with Gasteiger partial charge in [-0.2, -0.15) is 8.42 Å². The highest BCUT2D eigenvalue weighted by Gasteiger charge is 2.22. The number of benzene rings is 3. The summed E-state index contributed by atoms with van der Waals surface area (Å²) in [6.45, 7) is 0. The van der Waals surface area contributed by atoms with Crippen LogP contribution in [0.4, 0.5) is 0 Å². The van der Waals surface area contributed by atoms with E-state index in [4.69, 9.17) is 13.7 Å². The molecule has 6 nitrogen and oxygen atoms in total. The van der Waals surface area contributed by atoms with E-state index >= 15 is 0 Å². The molecule has 4 aromatic rings. The maximum atomic E-state index is 13.0. The van der Waals surface area contributed by atoms with Gasteiger partial charge in [0, 0.05) is 22.5 Å². The van der Waals surface area contributed by atoms with Crippen molar-refractivity contribution in [3.8, 4) is 28.5 Å². The summed E-state index contributed by atoms with van der Waals surface area (Å²) in [5, 5.41) is 1.42. The molecular formula is C23H19NO5S. The van der Waals surface area contributed by atoms with Gasteiger partial charge in [-0.25, -0.2) is 0 Å². The van der Waals surface area contributed by atoms with E-state index in [9.17, 15) is 8.42 Å². The SMILES string of the molecule is COc1ccc(-c2ncc3ccccc3c2OS(=O)(=O)c2ccc(OC)cc2)cc1. The molecule has 0 bridgehead atoms. The van der Waals surface area contributed by atoms with Crippen LogP contribution < -0.4 is 13.7 Å². The predicted octanol–water partition coefficient (Wildman–Crippen LogP) is 4.69. The first-order chi connectivity index (χ1) is 14.5. The van der Waals surface area contributed by atoms with Crippen LogP contribution in [-0.4, -0.2) is 27.6 Å².